The van der Waals surface area contributed by atoms with E-state index in [0.29, 0.717) is 6.54 Å². The summed E-state index contributed by atoms with van der Waals surface area (Å²) in [7, 11) is 0. The molecule has 0 radical (unpaired) electrons. The van der Waals surface area contributed by atoms with Crippen molar-refractivity contribution >= 4 is 5.97 Å². The molecular weight excluding hydrogens is 180 g/mol. The van der Waals surface area contributed by atoms with Gasteiger partial charge in [-0.15, -0.1) is 0 Å². The molecule has 80 valence electrons. The fourth-order valence-corrected chi connectivity index (χ4v) is 2.28. The van der Waals surface area contributed by atoms with Crippen LogP contribution in [0, 0.1) is 5.92 Å². The molecule has 0 bridgehead atoms. The molecule has 1 saturated carbocycles. The van der Waals surface area contributed by atoms with Gasteiger partial charge in [0.1, 0.15) is 5.54 Å². The quantitative estimate of drug-likeness (QED) is 0.680. The summed E-state index contributed by atoms with van der Waals surface area (Å²) in [4.78, 5) is 13.3. The van der Waals surface area contributed by atoms with Gasteiger partial charge in [-0.2, -0.15) is 0 Å². The summed E-state index contributed by atoms with van der Waals surface area (Å²) in [5.74, 6) is -0.618. The van der Waals surface area contributed by atoms with Crippen LogP contribution in [0.3, 0.4) is 0 Å². The van der Waals surface area contributed by atoms with E-state index in [-0.39, 0.29) is 5.92 Å². The summed E-state index contributed by atoms with van der Waals surface area (Å²) in [5, 5.41) is 9.15. The molecule has 0 aromatic rings. The van der Waals surface area contributed by atoms with Crippen LogP contribution in [0.4, 0.5) is 0 Å². The number of nitrogens with zero attached hydrogens (tertiary/aromatic N) is 1. The average molecular weight is 198 g/mol. The third-order valence-electron chi connectivity index (χ3n) is 3.39. The molecule has 2 rings (SSSR count). The second-order valence-electron chi connectivity index (χ2n) is 4.60. The first kappa shape index (κ1) is 9.93. The Morgan fingerprint density at radius 3 is 2.43 bits per heavy atom. The highest BCUT2D eigenvalue weighted by Crippen LogP contribution is 2.39. The number of aliphatic carboxylic acids is 1. The summed E-state index contributed by atoms with van der Waals surface area (Å²) in [6.07, 6.45) is 4.33. The first-order valence-electron chi connectivity index (χ1n) is 5.37. The van der Waals surface area contributed by atoms with Gasteiger partial charge < -0.3 is 15.7 Å². The van der Waals surface area contributed by atoms with Crippen molar-refractivity contribution in [1.29, 1.82) is 0 Å². The normalized spacial score (nSPS) is 27.5. The second kappa shape index (κ2) is 3.51. The zero-order chi connectivity index (χ0) is 10.2. The fraction of sp³-hybridized carbons (Fsp3) is 0.900. The number of hydrogen-bond donors (Lipinski definition) is 2. The van der Waals surface area contributed by atoms with Gasteiger partial charge in [-0.05, 0) is 44.7 Å². The summed E-state index contributed by atoms with van der Waals surface area (Å²) in [5.41, 5.74) is 5.00. The molecule has 4 nitrogen and oxygen atoms in total. The maximum absolute atomic E-state index is 11.1. The molecule has 1 aliphatic heterocycles. The van der Waals surface area contributed by atoms with Crippen molar-refractivity contribution in [3.8, 4) is 0 Å². The molecule has 2 aliphatic rings. The van der Waals surface area contributed by atoms with Gasteiger partial charge in [0.15, 0.2) is 0 Å². The molecule has 1 heterocycles. The Kier molecular flexibility index (Phi) is 2.49. The average Bonchev–Trinajstić information content (AvgIpc) is 2.87. The van der Waals surface area contributed by atoms with E-state index >= 15 is 0 Å². The molecule has 4 heteroatoms. The number of carboxylic acid groups (broad SMARTS) is 1. The van der Waals surface area contributed by atoms with E-state index < -0.39 is 11.5 Å². The Hall–Kier alpha value is -0.610. The van der Waals surface area contributed by atoms with Crippen LogP contribution in [0.5, 0.6) is 0 Å². The summed E-state index contributed by atoms with van der Waals surface area (Å²) >= 11 is 0. The predicted octanol–water partition coefficient (Wildman–Crippen LogP) is 0.274. The lowest BCUT2D eigenvalue weighted by molar-refractivity contribution is -0.145. The molecule has 1 atom stereocenters. The van der Waals surface area contributed by atoms with Crippen LogP contribution in [-0.4, -0.2) is 41.1 Å². The van der Waals surface area contributed by atoms with Gasteiger partial charge in [-0.25, -0.2) is 0 Å². The number of hydrogen-bond acceptors (Lipinski definition) is 3. The highest BCUT2D eigenvalue weighted by molar-refractivity contribution is 5.79. The summed E-state index contributed by atoms with van der Waals surface area (Å²) < 4.78 is 0. The zero-order valence-electron chi connectivity index (χ0n) is 8.41. The lowest BCUT2D eigenvalue weighted by Crippen LogP contribution is -2.57. The molecule has 1 aliphatic carbocycles. The molecule has 1 saturated heterocycles. The van der Waals surface area contributed by atoms with Crippen LogP contribution in [0.15, 0.2) is 0 Å². The van der Waals surface area contributed by atoms with Crippen molar-refractivity contribution < 1.29 is 9.90 Å². The summed E-state index contributed by atoms with van der Waals surface area (Å²) in [6, 6.07) is 0. The lowest BCUT2D eigenvalue weighted by atomic mass is 9.94. The minimum Gasteiger partial charge on any atom is -0.480 e. The number of carbonyl (C=O) groups is 1. The van der Waals surface area contributed by atoms with E-state index in [1.807, 2.05) is 0 Å². The first-order valence-corrected chi connectivity index (χ1v) is 5.37. The third kappa shape index (κ3) is 1.77. The molecule has 1 unspecified atom stereocenters. The van der Waals surface area contributed by atoms with Crippen molar-refractivity contribution in [2.24, 2.45) is 11.7 Å². The van der Waals surface area contributed by atoms with Gasteiger partial charge >= 0.3 is 5.97 Å². The Morgan fingerprint density at radius 2 is 2.00 bits per heavy atom. The van der Waals surface area contributed by atoms with E-state index in [2.05, 4.69) is 4.90 Å². The highest BCUT2D eigenvalue weighted by atomic mass is 16.4. The van der Waals surface area contributed by atoms with Gasteiger partial charge in [0, 0.05) is 6.54 Å². The highest BCUT2D eigenvalue weighted by Gasteiger charge is 2.49. The van der Waals surface area contributed by atoms with Crippen molar-refractivity contribution in [3.63, 3.8) is 0 Å². The third-order valence-corrected chi connectivity index (χ3v) is 3.39. The zero-order valence-corrected chi connectivity index (χ0v) is 8.41. The maximum atomic E-state index is 11.1. The molecule has 0 aromatic carbocycles. The van der Waals surface area contributed by atoms with E-state index in [4.69, 9.17) is 10.8 Å². The van der Waals surface area contributed by atoms with Crippen molar-refractivity contribution in [2.45, 2.75) is 31.2 Å². The van der Waals surface area contributed by atoms with Gasteiger partial charge in [0.05, 0.1) is 0 Å². The van der Waals surface area contributed by atoms with Gasteiger partial charge in [-0.3, -0.25) is 4.79 Å². The number of nitrogens with two attached hydrogens (primary N) is 1. The molecular formula is C10H18N2O2. The molecule has 0 amide bonds. The van der Waals surface area contributed by atoms with Crippen LogP contribution in [0.2, 0.25) is 0 Å². The number of rotatable bonds is 4. The van der Waals surface area contributed by atoms with E-state index in [1.165, 1.54) is 12.8 Å². The Balaban J connectivity index is 1.99. The van der Waals surface area contributed by atoms with Crippen LogP contribution >= 0.6 is 0 Å². The molecule has 0 spiro atoms. The van der Waals surface area contributed by atoms with Crippen molar-refractivity contribution in [2.75, 3.05) is 19.6 Å². The lowest BCUT2D eigenvalue weighted by Gasteiger charge is -2.29. The van der Waals surface area contributed by atoms with Crippen molar-refractivity contribution in [1.82, 2.24) is 4.90 Å². The minimum atomic E-state index is -0.982. The van der Waals surface area contributed by atoms with Crippen LogP contribution in [0.1, 0.15) is 25.7 Å². The maximum Gasteiger partial charge on any atom is 0.325 e. The SMILES string of the molecule is NC(CN1CCCC1)(C(=O)O)C1CC1. The van der Waals surface area contributed by atoms with E-state index in [1.54, 1.807) is 0 Å². The summed E-state index contributed by atoms with van der Waals surface area (Å²) in [6.45, 7) is 2.56. The number of likely N-dealkylation sites (tertiary alicyclic amines) is 1. The monoisotopic (exact) mass is 198 g/mol. The number of carboxylic acids is 1. The minimum absolute atomic E-state index is 0.209. The second-order valence-corrected chi connectivity index (χ2v) is 4.60. The van der Waals surface area contributed by atoms with E-state index in [0.717, 1.165) is 25.9 Å². The molecule has 14 heavy (non-hydrogen) atoms. The standard InChI is InChI=1S/C10H18N2O2/c11-10(9(13)14,8-3-4-8)7-12-5-1-2-6-12/h8H,1-7,11H2,(H,13,14). The largest absolute Gasteiger partial charge is 0.480 e. The van der Waals surface area contributed by atoms with E-state index in [9.17, 15) is 4.79 Å². The smallest absolute Gasteiger partial charge is 0.325 e. The first-order chi connectivity index (χ1) is 6.63. The molecule has 2 fully saturated rings. The molecule has 3 N–H and O–H groups in total. The van der Waals surface area contributed by atoms with Crippen LogP contribution in [-0.2, 0) is 4.79 Å². The Labute approximate surface area is 84.1 Å². The van der Waals surface area contributed by atoms with Crippen LogP contribution in [0.25, 0.3) is 0 Å². The fourth-order valence-electron chi connectivity index (χ4n) is 2.28. The Morgan fingerprint density at radius 1 is 1.43 bits per heavy atom. The topological polar surface area (TPSA) is 66.6 Å². The van der Waals surface area contributed by atoms with Gasteiger partial charge in [-0.1, -0.05) is 0 Å². The van der Waals surface area contributed by atoms with Gasteiger partial charge in [0.25, 0.3) is 0 Å². The van der Waals surface area contributed by atoms with Gasteiger partial charge in [0.2, 0.25) is 0 Å². The molecule has 0 aromatic heterocycles. The Bertz CT molecular complexity index is 234. The van der Waals surface area contributed by atoms with Crippen molar-refractivity contribution in [3.05, 3.63) is 0 Å². The predicted molar refractivity (Wildman–Crippen MR) is 53.0 cm³/mol. The van der Waals surface area contributed by atoms with Crippen LogP contribution < -0.4 is 5.73 Å².